The molecule has 0 saturated heterocycles. The van der Waals surface area contributed by atoms with Crippen molar-refractivity contribution in [1.82, 2.24) is 0 Å². The lowest BCUT2D eigenvalue weighted by Crippen LogP contribution is -2.12. The summed E-state index contributed by atoms with van der Waals surface area (Å²) in [6.45, 7) is 2.77. The summed E-state index contributed by atoms with van der Waals surface area (Å²) in [6.07, 6.45) is 5.26. The number of hydrogen-bond donors (Lipinski definition) is 1. The Kier molecular flexibility index (Phi) is 4.48. The Hall–Kier alpha value is -1.22. The van der Waals surface area contributed by atoms with Crippen molar-refractivity contribution in [3.63, 3.8) is 0 Å². The standard InChI is InChI=1S/C15H23NO2/c1-11(16)14-8-7-13(17-2)9-15(14)18-10-12-5-3-4-6-12/h7-9,11-12H,3-6,10,16H2,1-2H3. The van der Waals surface area contributed by atoms with E-state index in [1.807, 2.05) is 25.1 Å². The van der Waals surface area contributed by atoms with E-state index >= 15 is 0 Å². The molecule has 0 radical (unpaired) electrons. The second kappa shape index (κ2) is 6.10. The third-order valence-corrected chi connectivity index (χ3v) is 3.66. The largest absolute Gasteiger partial charge is 0.497 e. The van der Waals surface area contributed by atoms with Gasteiger partial charge in [0.05, 0.1) is 13.7 Å². The van der Waals surface area contributed by atoms with Crippen molar-refractivity contribution in [1.29, 1.82) is 0 Å². The maximum atomic E-state index is 5.97. The average molecular weight is 249 g/mol. The van der Waals surface area contributed by atoms with Gasteiger partial charge in [0.2, 0.25) is 0 Å². The Bertz CT molecular complexity index is 384. The van der Waals surface area contributed by atoms with Gasteiger partial charge in [-0.2, -0.15) is 0 Å². The summed E-state index contributed by atoms with van der Waals surface area (Å²) in [7, 11) is 1.67. The summed E-state index contributed by atoms with van der Waals surface area (Å²) in [5.74, 6) is 2.40. The van der Waals surface area contributed by atoms with Crippen molar-refractivity contribution in [3.05, 3.63) is 23.8 Å². The van der Waals surface area contributed by atoms with Crippen LogP contribution in [0.2, 0.25) is 0 Å². The van der Waals surface area contributed by atoms with Gasteiger partial charge in [0, 0.05) is 17.7 Å². The molecule has 0 amide bonds. The van der Waals surface area contributed by atoms with Crippen molar-refractivity contribution < 1.29 is 9.47 Å². The van der Waals surface area contributed by atoms with E-state index in [1.54, 1.807) is 7.11 Å². The molecule has 1 aliphatic carbocycles. The minimum atomic E-state index is -0.0190. The smallest absolute Gasteiger partial charge is 0.127 e. The Balaban J connectivity index is 2.07. The van der Waals surface area contributed by atoms with Gasteiger partial charge in [0.1, 0.15) is 11.5 Å². The van der Waals surface area contributed by atoms with Crippen molar-refractivity contribution in [3.8, 4) is 11.5 Å². The molecule has 0 aromatic heterocycles. The third kappa shape index (κ3) is 3.16. The first-order valence-corrected chi connectivity index (χ1v) is 6.77. The fourth-order valence-electron chi connectivity index (χ4n) is 2.53. The van der Waals surface area contributed by atoms with Crippen LogP contribution in [0.15, 0.2) is 18.2 Å². The quantitative estimate of drug-likeness (QED) is 0.871. The first-order valence-electron chi connectivity index (χ1n) is 6.77. The van der Waals surface area contributed by atoms with E-state index < -0.39 is 0 Å². The molecule has 2 N–H and O–H groups in total. The van der Waals surface area contributed by atoms with E-state index in [-0.39, 0.29) is 6.04 Å². The average Bonchev–Trinajstić information content (AvgIpc) is 2.88. The molecule has 1 aliphatic rings. The normalized spacial score (nSPS) is 17.7. The van der Waals surface area contributed by atoms with Crippen molar-refractivity contribution in [2.45, 2.75) is 38.6 Å². The van der Waals surface area contributed by atoms with Gasteiger partial charge < -0.3 is 15.2 Å². The van der Waals surface area contributed by atoms with Crippen molar-refractivity contribution in [2.75, 3.05) is 13.7 Å². The molecule has 1 fully saturated rings. The van der Waals surface area contributed by atoms with Gasteiger partial charge in [-0.15, -0.1) is 0 Å². The highest BCUT2D eigenvalue weighted by Gasteiger charge is 2.17. The SMILES string of the molecule is COc1ccc(C(C)N)c(OCC2CCCC2)c1. The Morgan fingerprint density at radius 3 is 2.67 bits per heavy atom. The number of ether oxygens (including phenoxy) is 2. The second-order valence-corrected chi connectivity index (χ2v) is 5.15. The predicted molar refractivity (Wildman–Crippen MR) is 73.0 cm³/mol. The molecule has 1 atom stereocenters. The Morgan fingerprint density at radius 2 is 2.06 bits per heavy atom. The number of nitrogens with two attached hydrogens (primary N) is 1. The number of rotatable bonds is 5. The molecule has 3 nitrogen and oxygen atoms in total. The van der Waals surface area contributed by atoms with Crippen molar-refractivity contribution >= 4 is 0 Å². The third-order valence-electron chi connectivity index (χ3n) is 3.66. The van der Waals surface area contributed by atoms with Crippen LogP contribution in [-0.2, 0) is 0 Å². The number of methoxy groups -OCH3 is 1. The van der Waals surface area contributed by atoms with Crippen LogP contribution in [0.4, 0.5) is 0 Å². The Morgan fingerprint density at radius 1 is 1.33 bits per heavy atom. The van der Waals surface area contributed by atoms with Crippen LogP contribution >= 0.6 is 0 Å². The van der Waals surface area contributed by atoms with Gasteiger partial charge >= 0.3 is 0 Å². The maximum absolute atomic E-state index is 5.97. The van der Waals surface area contributed by atoms with Crippen LogP contribution in [0.5, 0.6) is 11.5 Å². The first kappa shape index (κ1) is 13.2. The van der Waals surface area contributed by atoms with Crippen LogP contribution in [-0.4, -0.2) is 13.7 Å². The molecule has 1 aromatic rings. The minimum absolute atomic E-state index is 0.0190. The van der Waals surface area contributed by atoms with Crippen LogP contribution < -0.4 is 15.2 Å². The number of hydrogen-bond acceptors (Lipinski definition) is 3. The fourth-order valence-corrected chi connectivity index (χ4v) is 2.53. The lowest BCUT2D eigenvalue weighted by molar-refractivity contribution is 0.248. The molecule has 1 aromatic carbocycles. The maximum Gasteiger partial charge on any atom is 0.127 e. The topological polar surface area (TPSA) is 44.5 Å². The molecule has 100 valence electrons. The van der Waals surface area contributed by atoms with Gasteiger partial charge in [-0.1, -0.05) is 18.9 Å². The molecule has 1 saturated carbocycles. The highest BCUT2D eigenvalue weighted by molar-refractivity contribution is 5.42. The molecule has 2 rings (SSSR count). The zero-order valence-corrected chi connectivity index (χ0v) is 11.3. The van der Waals surface area contributed by atoms with Gasteiger partial charge in [0.25, 0.3) is 0 Å². The monoisotopic (exact) mass is 249 g/mol. The van der Waals surface area contributed by atoms with Crippen LogP contribution in [0.1, 0.15) is 44.2 Å². The fraction of sp³-hybridized carbons (Fsp3) is 0.600. The van der Waals surface area contributed by atoms with E-state index in [0.29, 0.717) is 5.92 Å². The van der Waals surface area contributed by atoms with Gasteiger partial charge in [-0.05, 0) is 31.7 Å². The van der Waals surface area contributed by atoms with Gasteiger partial charge in [0.15, 0.2) is 0 Å². The molecule has 0 aliphatic heterocycles. The highest BCUT2D eigenvalue weighted by atomic mass is 16.5. The summed E-state index contributed by atoms with van der Waals surface area (Å²) in [6, 6.07) is 5.84. The van der Waals surface area contributed by atoms with Gasteiger partial charge in [-0.3, -0.25) is 0 Å². The minimum Gasteiger partial charge on any atom is -0.497 e. The van der Waals surface area contributed by atoms with E-state index in [9.17, 15) is 0 Å². The summed E-state index contributed by atoms with van der Waals surface area (Å²) in [5.41, 5.74) is 7.02. The van der Waals surface area contributed by atoms with E-state index in [1.165, 1.54) is 25.7 Å². The summed E-state index contributed by atoms with van der Waals surface area (Å²) < 4.78 is 11.2. The lowest BCUT2D eigenvalue weighted by atomic mass is 10.1. The predicted octanol–water partition coefficient (Wildman–Crippen LogP) is 3.28. The van der Waals surface area contributed by atoms with Crippen LogP contribution in [0.25, 0.3) is 0 Å². The molecule has 0 bridgehead atoms. The molecular formula is C15H23NO2. The van der Waals surface area contributed by atoms with Gasteiger partial charge in [-0.25, -0.2) is 0 Å². The molecule has 0 heterocycles. The summed E-state index contributed by atoms with van der Waals surface area (Å²) in [5, 5.41) is 0. The van der Waals surface area contributed by atoms with E-state index in [4.69, 9.17) is 15.2 Å². The van der Waals surface area contributed by atoms with Crippen molar-refractivity contribution in [2.24, 2.45) is 11.7 Å². The van der Waals surface area contributed by atoms with Crippen LogP contribution in [0.3, 0.4) is 0 Å². The molecule has 3 heteroatoms. The molecule has 18 heavy (non-hydrogen) atoms. The molecular weight excluding hydrogens is 226 g/mol. The Labute approximate surface area is 109 Å². The van der Waals surface area contributed by atoms with Crippen LogP contribution in [0, 0.1) is 5.92 Å². The summed E-state index contributed by atoms with van der Waals surface area (Å²) in [4.78, 5) is 0. The first-order chi connectivity index (χ1) is 8.70. The summed E-state index contributed by atoms with van der Waals surface area (Å²) >= 11 is 0. The van der Waals surface area contributed by atoms with E-state index in [2.05, 4.69) is 0 Å². The van der Waals surface area contributed by atoms with E-state index in [0.717, 1.165) is 23.7 Å². The zero-order valence-electron chi connectivity index (χ0n) is 11.3. The lowest BCUT2D eigenvalue weighted by Gasteiger charge is -2.17. The number of benzene rings is 1. The zero-order chi connectivity index (χ0) is 13.0. The second-order valence-electron chi connectivity index (χ2n) is 5.15. The highest BCUT2D eigenvalue weighted by Crippen LogP contribution is 2.31. The molecule has 1 unspecified atom stereocenters. The molecule has 0 spiro atoms.